The van der Waals surface area contributed by atoms with Crippen LogP contribution in [0.2, 0.25) is 0 Å². The molecular weight excluding hydrogens is 406 g/mol. The zero-order valence-electron chi connectivity index (χ0n) is 16.6. The van der Waals surface area contributed by atoms with E-state index in [1.165, 1.54) is 24.3 Å². The van der Waals surface area contributed by atoms with Gasteiger partial charge in [0.1, 0.15) is 0 Å². The fourth-order valence-corrected chi connectivity index (χ4v) is 3.92. The van der Waals surface area contributed by atoms with Crippen LogP contribution in [0.3, 0.4) is 0 Å². The molecule has 0 bridgehead atoms. The molecule has 0 aliphatic carbocycles. The summed E-state index contributed by atoms with van der Waals surface area (Å²) in [6.07, 6.45) is 0. The van der Waals surface area contributed by atoms with Crippen molar-refractivity contribution < 1.29 is 9.85 Å². The van der Waals surface area contributed by atoms with E-state index in [0.29, 0.717) is 11.3 Å². The Bertz CT molecular complexity index is 1530. The molecule has 7 nitrogen and oxygen atoms in total. The number of hydrogen-bond donors (Lipinski definition) is 0. The molecule has 0 radical (unpaired) electrons. The van der Waals surface area contributed by atoms with E-state index < -0.39 is 9.85 Å². The maximum absolute atomic E-state index is 11.2. The summed E-state index contributed by atoms with van der Waals surface area (Å²) in [6.45, 7) is 0. The van der Waals surface area contributed by atoms with Crippen LogP contribution in [0.4, 0.5) is 11.4 Å². The van der Waals surface area contributed by atoms with E-state index in [4.69, 9.17) is 4.98 Å². The normalized spacial score (nSPS) is 11.0. The van der Waals surface area contributed by atoms with Gasteiger partial charge in [-0.05, 0) is 46.2 Å². The summed E-state index contributed by atoms with van der Waals surface area (Å²) < 4.78 is 0. The summed E-state index contributed by atoms with van der Waals surface area (Å²) in [6, 6.07) is 26.5. The molecule has 7 heteroatoms. The second-order valence-electron chi connectivity index (χ2n) is 7.35. The van der Waals surface area contributed by atoms with Crippen LogP contribution in [-0.4, -0.2) is 14.8 Å². The van der Waals surface area contributed by atoms with Crippen molar-refractivity contribution in [3.8, 4) is 22.4 Å². The number of pyridine rings is 1. The summed E-state index contributed by atoms with van der Waals surface area (Å²) in [7, 11) is 0. The van der Waals surface area contributed by atoms with Gasteiger partial charge in [-0.1, -0.05) is 42.5 Å². The molecule has 0 saturated carbocycles. The summed E-state index contributed by atoms with van der Waals surface area (Å²) >= 11 is 0. The Morgan fingerprint density at radius 3 is 2.16 bits per heavy atom. The molecule has 1 aromatic heterocycles. The van der Waals surface area contributed by atoms with E-state index in [2.05, 4.69) is 0 Å². The van der Waals surface area contributed by atoms with Crippen LogP contribution < -0.4 is 0 Å². The average Bonchev–Trinajstić information content (AvgIpc) is 2.83. The summed E-state index contributed by atoms with van der Waals surface area (Å²) in [5.41, 5.74) is 3.59. The minimum Gasteiger partial charge on any atom is -0.258 e. The van der Waals surface area contributed by atoms with E-state index in [1.54, 1.807) is 24.3 Å². The highest BCUT2D eigenvalue weighted by Gasteiger charge is 2.15. The zero-order valence-corrected chi connectivity index (χ0v) is 16.6. The van der Waals surface area contributed by atoms with Crippen molar-refractivity contribution in [1.29, 1.82) is 0 Å². The molecule has 5 aromatic rings. The number of nitrogens with zero attached hydrogens (tertiary/aromatic N) is 3. The van der Waals surface area contributed by atoms with E-state index in [-0.39, 0.29) is 11.4 Å². The number of fused-ring (bicyclic) bond motifs is 3. The fourth-order valence-electron chi connectivity index (χ4n) is 3.92. The minimum atomic E-state index is -0.435. The maximum Gasteiger partial charge on any atom is 0.270 e. The van der Waals surface area contributed by atoms with E-state index in [1.807, 2.05) is 42.5 Å². The van der Waals surface area contributed by atoms with Crippen molar-refractivity contribution >= 4 is 33.1 Å². The van der Waals surface area contributed by atoms with Gasteiger partial charge in [0.2, 0.25) is 0 Å². The van der Waals surface area contributed by atoms with Gasteiger partial charge in [-0.3, -0.25) is 20.2 Å². The highest BCUT2D eigenvalue weighted by Crippen LogP contribution is 2.37. The molecule has 0 aliphatic heterocycles. The third-order valence-corrected chi connectivity index (χ3v) is 5.44. The Kier molecular flexibility index (Phi) is 4.56. The van der Waals surface area contributed by atoms with Crippen LogP contribution >= 0.6 is 0 Å². The van der Waals surface area contributed by atoms with Crippen molar-refractivity contribution in [3.05, 3.63) is 111 Å². The number of benzene rings is 4. The molecule has 0 aliphatic rings. The molecule has 0 unspecified atom stereocenters. The van der Waals surface area contributed by atoms with Crippen LogP contribution in [0.1, 0.15) is 0 Å². The quantitative estimate of drug-likeness (QED) is 0.186. The van der Waals surface area contributed by atoms with Crippen molar-refractivity contribution in [2.24, 2.45) is 0 Å². The molecule has 5 rings (SSSR count). The smallest absolute Gasteiger partial charge is 0.258 e. The lowest BCUT2D eigenvalue weighted by atomic mass is 9.94. The molecule has 4 aromatic carbocycles. The van der Waals surface area contributed by atoms with E-state index in [9.17, 15) is 20.2 Å². The predicted molar refractivity (Wildman–Crippen MR) is 123 cm³/mol. The second-order valence-corrected chi connectivity index (χ2v) is 7.35. The van der Waals surface area contributed by atoms with E-state index >= 15 is 0 Å². The van der Waals surface area contributed by atoms with Crippen molar-refractivity contribution in [2.45, 2.75) is 0 Å². The van der Waals surface area contributed by atoms with Gasteiger partial charge in [-0.25, -0.2) is 4.98 Å². The first-order chi connectivity index (χ1) is 15.5. The van der Waals surface area contributed by atoms with Crippen LogP contribution in [0.15, 0.2) is 91.0 Å². The Labute approximate surface area is 181 Å². The van der Waals surface area contributed by atoms with E-state index in [0.717, 1.165) is 32.8 Å². The van der Waals surface area contributed by atoms with Gasteiger partial charge in [0, 0.05) is 35.2 Å². The summed E-state index contributed by atoms with van der Waals surface area (Å²) in [5, 5.41) is 25.3. The lowest BCUT2D eigenvalue weighted by molar-refractivity contribution is -0.385. The van der Waals surface area contributed by atoms with Crippen LogP contribution in [-0.2, 0) is 0 Å². The molecule has 0 spiro atoms. The Balaban J connectivity index is 1.82. The van der Waals surface area contributed by atoms with Crippen LogP contribution in [0.5, 0.6) is 0 Å². The van der Waals surface area contributed by atoms with Gasteiger partial charge in [-0.2, -0.15) is 0 Å². The molecule has 1 heterocycles. The molecule has 0 N–H and O–H groups in total. The van der Waals surface area contributed by atoms with Crippen molar-refractivity contribution in [3.63, 3.8) is 0 Å². The SMILES string of the molecule is O=[N+]([O-])c1ccc(-c2cc(-c3cccc([N+](=O)[O-])c3)nc3ccc4ccccc4c23)cc1. The van der Waals surface area contributed by atoms with Gasteiger partial charge >= 0.3 is 0 Å². The number of nitro benzene ring substituents is 2. The third-order valence-electron chi connectivity index (χ3n) is 5.44. The molecule has 0 saturated heterocycles. The zero-order chi connectivity index (χ0) is 22.2. The largest absolute Gasteiger partial charge is 0.270 e. The minimum absolute atomic E-state index is 0.0101. The Morgan fingerprint density at radius 2 is 1.41 bits per heavy atom. The second kappa shape index (κ2) is 7.55. The molecular formula is C25H15N3O4. The Hall–Kier alpha value is -4.65. The van der Waals surface area contributed by atoms with Crippen LogP contribution in [0.25, 0.3) is 44.1 Å². The summed E-state index contributed by atoms with van der Waals surface area (Å²) in [5.74, 6) is 0. The highest BCUT2D eigenvalue weighted by molar-refractivity contribution is 6.13. The predicted octanol–water partition coefficient (Wildman–Crippen LogP) is 6.54. The average molecular weight is 421 g/mol. The monoisotopic (exact) mass is 421 g/mol. The highest BCUT2D eigenvalue weighted by atomic mass is 16.6. The maximum atomic E-state index is 11.2. The number of aromatic nitrogens is 1. The number of non-ortho nitro benzene ring substituents is 2. The fraction of sp³-hybridized carbons (Fsp3) is 0. The number of hydrogen-bond acceptors (Lipinski definition) is 5. The number of nitro groups is 2. The third kappa shape index (κ3) is 3.31. The van der Waals surface area contributed by atoms with Gasteiger partial charge in [0.05, 0.1) is 21.1 Å². The Morgan fingerprint density at radius 1 is 0.656 bits per heavy atom. The molecule has 0 fully saturated rings. The first-order valence-electron chi connectivity index (χ1n) is 9.83. The van der Waals surface area contributed by atoms with Crippen LogP contribution in [0, 0.1) is 20.2 Å². The topological polar surface area (TPSA) is 99.2 Å². The standard InChI is InChI=1S/C25H15N3O4/c29-27(30)19-11-8-17(9-12-19)22-15-24(18-5-3-6-20(14-18)28(31)32)26-23-13-10-16-4-1-2-7-21(16)25(22)23/h1-15H. The van der Waals surface area contributed by atoms with Gasteiger partial charge < -0.3 is 0 Å². The molecule has 0 atom stereocenters. The molecule has 32 heavy (non-hydrogen) atoms. The lowest BCUT2D eigenvalue weighted by Gasteiger charge is -2.13. The molecule has 154 valence electrons. The lowest BCUT2D eigenvalue weighted by Crippen LogP contribution is -1.93. The van der Waals surface area contributed by atoms with Gasteiger partial charge in [0.15, 0.2) is 0 Å². The van der Waals surface area contributed by atoms with Crippen molar-refractivity contribution in [1.82, 2.24) is 4.98 Å². The van der Waals surface area contributed by atoms with Gasteiger partial charge in [0.25, 0.3) is 11.4 Å². The molecule has 0 amide bonds. The number of rotatable bonds is 4. The van der Waals surface area contributed by atoms with Crippen molar-refractivity contribution in [2.75, 3.05) is 0 Å². The van der Waals surface area contributed by atoms with Gasteiger partial charge in [-0.15, -0.1) is 0 Å². The first-order valence-corrected chi connectivity index (χ1v) is 9.83. The summed E-state index contributed by atoms with van der Waals surface area (Å²) in [4.78, 5) is 26.3. The first kappa shape index (κ1) is 19.3.